The molecule has 0 spiro atoms. The van der Waals surface area contributed by atoms with Gasteiger partial charge in [-0.25, -0.2) is 0 Å². The van der Waals surface area contributed by atoms with E-state index in [0.29, 0.717) is 23.7 Å². The quantitative estimate of drug-likeness (QED) is 0.624. The van der Waals surface area contributed by atoms with Crippen LogP contribution >= 0.6 is 0 Å². The average molecular weight is 253 g/mol. The van der Waals surface area contributed by atoms with Gasteiger partial charge in [0.15, 0.2) is 0 Å². The topological polar surface area (TPSA) is 72.6 Å². The molecule has 0 amide bonds. The van der Waals surface area contributed by atoms with E-state index in [2.05, 4.69) is 0 Å². The van der Waals surface area contributed by atoms with Crippen LogP contribution in [0, 0.1) is 16.0 Å². The molecule has 1 N–H and O–H groups in total. The fourth-order valence-corrected chi connectivity index (χ4v) is 1.91. The molecule has 0 aliphatic heterocycles. The van der Waals surface area contributed by atoms with E-state index in [-0.39, 0.29) is 12.1 Å². The number of rotatable bonds is 6. The number of nitro groups is 1. The van der Waals surface area contributed by atoms with Gasteiger partial charge in [-0.1, -0.05) is 13.8 Å². The standard InChI is InChI=1S/C13H19NO4/c1-9(2)6-11(15)7-10-8-12(18-3)4-5-13(10)14(16)17/h4-5,8-9,11,15H,6-7H2,1-3H3. The van der Waals surface area contributed by atoms with Gasteiger partial charge < -0.3 is 9.84 Å². The van der Waals surface area contributed by atoms with Crippen molar-refractivity contribution < 1.29 is 14.8 Å². The van der Waals surface area contributed by atoms with E-state index < -0.39 is 11.0 Å². The smallest absolute Gasteiger partial charge is 0.272 e. The minimum Gasteiger partial charge on any atom is -0.497 e. The van der Waals surface area contributed by atoms with Gasteiger partial charge in [-0.3, -0.25) is 10.1 Å². The van der Waals surface area contributed by atoms with E-state index in [1.54, 1.807) is 12.1 Å². The molecule has 0 aliphatic rings. The van der Waals surface area contributed by atoms with Crippen molar-refractivity contribution >= 4 is 5.69 Å². The van der Waals surface area contributed by atoms with Gasteiger partial charge in [0.2, 0.25) is 0 Å². The molecule has 5 heteroatoms. The molecule has 1 aromatic carbocycles. The number of nitro benzene ring substituents is 1. The normalized spacial score (nSPS) is 12.5. The summed E-state index contributed by atoms with van der Waals surface area (Å²) in [6.07, 6.45) is 0.316. The molecular weight excluding hydrogens is 234 g/mol. The molecule has 0 saturated heterocycles. The van der Waals surface area contributed by atoms with Crippen LogP contribution < -0.4 is 4.74 Å². The van der Waals surface area contributed by atoms with Gasteiger partial charge in [0, 0.05) is 18.1 Å². The van der Waals surface area contributed by atoms with Crippen molar-refractivity contribution in [1.29, 1.82) is 0 Å². The van der Waals surface area contributed by atoms with Crippen LogP contribution in [-0.4, -0.2) is 23.2 Å². The van der Waals surface area contributed by atoms with Crippen molar-refractivity contribution in [2.24, 2.45) is 5.92 Å². The summed E-state index contributed by atoms with van der Waals surface area (Å²) in [4.78, 5) is 10.5. The van der Waals surface area contributed by atoms with Crippen molar-refractivity contribution in [2.45, 2.75) is 32.8 Å². The number of methoxy groups -OCH3 is 1. The van der Waals surface area contributed by atoms with E-state index in [1.165, 1.54) is 13.2 Å². The Kier molecular flexibility index (Phi) is 5.09. The first-order chi connectivity index (χ1) is 8.43. The average Bonchev–Trinajstić information content (AvgIpc) is 2.27. The fraction of sp³-hybridized carbons (Fsp3) is 0.538. The minimum atomic E-state index is -0.573. The molecule has 18 heavy (non-hydrogen) atoms. The van der Waals surface area contributed by atoms with E-state index in [0.717, 1.165) is 0 Å². The largest absolute Gasteiger partial charge is 0.497 e. The highest BCUT2D eigenvalue weighted by Gasteiger charge is 2.18. The van der Waals surface area contributed by atoms with Gasteiger partial charge >= 0.3 is 0 Å². The summed E-state index contributed by atoms with van der Waals surface area (Å²) in [5.74, 6) is 0.914. The molecule has 0 aliphatic carbocycles. The first kappa shape index (κ1) is 14.4. The van der Waals surface area contributed by atoms with Gasteiger partial charge in [0.05, 0.1) is 18.1 Å². The highest BCUT2D eigenvalue weighted by Crippen LogP contribution is 2.26. The van der Waals surface area contributed by atoms with Crippen LogP contribution in [0.15, 0.2) is 18.2 Å². The van der Waals surface area contributed by atoms with Gasteiger partial charge in [-0.15, -0.1) is 0 Å². The van der Waals surface area contributed by atoms with Crippen LogP contribution in [0.4, 0.5) is 5.69 Å². The van der Waals surface area contributed by atoms with Gasteiger partial charge in [0.1, 0.15) is 5.75 Å². The zero-order valence-electron chi connectivity index (χ0n) is 10.9. The highest BCUT2D eigenvalue weighted by molar-refractivity contribution is 5.45. The first-order valence-electron chi connectivity index (χ1n) is 5.93. The van der Waals surface area contributed by atoms with Gasteiger partial charge in [-0.05, 0) is 24.5 Å². The van der Waals surface area contributed by atoms with Crippen LogP contribution in [0.2, 0.25) is 0 Å². The zero-order chi connectivity index (χ0) is 13.7. The SMILES string of the molecule is COc1ccc([N+](=O)[O-])c(CC(O)CC(C)C)c1. The number of aliphatic hydroxyl groups is 1. The highest BCUT2D eigenvalue weighted by atomic mass is 16.6. The summed E-state index contributed by atoms with van der Waals surface area (Å²) >= 11 is 0. The number of hydrogen-bond donors (Lipinski definition) is 1. The lowest BCUT2D eigenvalue weighted by atomic mass is 9.98. The fourth-order valence-electron chi connectivity index (χ4n) is 1.91. The van der Waals surface area contributed by atoms with Gasteiger partial charge in [0.25, 0.3) is 5.69 Å². The third-order valence-corrected chi connectivity index (χ3v) is 2.68. The summed E-state index contributed by atoms with van der Waals surface area (Å²) in [5, 5.41) is 20.8. The summed E-state index contributed by atoms with van der Waals surface area (Å²) < 4.78 is 5.05. The van der Waals surface area contributed by atoms with Gasteiger partial charge in [-0.2, -0.15) is 0 Å². The number of ether oxygens (including phenoxy) is 1. The summed E-state index contributed by atoms with van der Waals surface area (Å²) in [6, 6.07) is 4.58. The summed E-state index contributed by atoms with van der Waals surface area (Å²) in [7, 11) is 1.51. The zero-order valence-corrected chi connectivity index (χ0v) is 10.9. The van der Waals surface area contributed by atoms with Crippen molar-refractivity contribution in [1.82, 2.24) is 0 Å². The number of benzene rings is 1. The maximum Gasteiger partial charge on any atom is 0.272 e. The Morgan fingerprint density at radius 2 is 2.11 bits per heavy atom. The molecule has 1 rings (SSSR count). The first-order valence-corrected chi connectivity index (χ1v) is 5.93. The third-order valence-electron chi connectivity index (χ3n) is 2.68. The van der Waals surface area contributed by atoms with Crippen molar-refractivity contribution in [3.05, 3.63) is 33.9 Å². The van der Waals surface area contributed by atoms with E-state index in [4.69, 9.17) is 4.74 Å². The number of hydrogen-bond acceptors (Lipinski definition) is 4. The lowest BCUT2D eigenvalue weighted by molar-refractivity contribution is -0.385. The second-order valence-corrected chi connectivity index (χ2v) is 4.74. The van der Waals surface area contributed by atoms with Crippen LogP contribution in [0.5, 0.6) is 5.75 Å². The van der Waals surface area contributed by atoms with Crippen LogP contribution in [0.1, 0.15) is 25.8 Å². The minimum absolute atomic E-state index is 0.0265. The predicted octanol–water partition coefficient (Wildman–Crippen LogP) is 2.55. The molecule has 1 aromatic rings. The summed E-state index contributed by atoms with van der Waals surface area (Å²) in [5.41, 5.74) is 0.533. The Bertz CT molecular complexity index is 417. The molecule has 1 atom stereocenters. The van der Waals surface area contributed by atoms with Crippen LogP contribution in [0.3, 0.4) is 0 Å². The van der Waals surface area contributed by atoms with E-state index in [9.17, 15) is 15.2 Å². The Balaban J connectivity index is 2.93. The third kappa shape index (κ3) is 4.00. The molecule has 0 bridgehead atoms. The Hall–Kier alpha value is -1.62. The Labute approximate surface area is 107 Å². The lowest BCUT2D eigenvalue weighted by Crippen LogP contribution is -2.14. The molecule has 1 unspecified atom stereocenters. The monoisotopic (exact) mass is 253 g/mol. The molecular formula is C13H19NO4. The second kappa shape index (κ2) is 6.35. The summed E-state index contributed by atoms with van der Waals surface area (Å²) in [6.45, 7) is 4.01. The number of aliphatic hydroxyl groups excluding tert-OH is 1. The van der Waals surface area contributed by atoms with Crippen molar-refractivity contribution in [3.8, 4) is 5.75 Å². The maximum atomic E-state index is 10.9. The van der Waals surface area contributed by atoms with E-state index in [1.807, 2.05) is 13.8 Å². The van der Waals surface area contributed by atoms with Crippen molar-refractivity contribution in [2.75, 3.05) is 7.11 Å². The maximum absolute atomic E-state index is 10.9. The van der Waals surface area contributed by atoms with Crippen LogP contribution in [-0.2, 0) is 6.42 Å². The molecule has 0 heterocycles. The number of nitrogens with zero attached hydrogens (tertiary/aromatic N) is 1. The Morgan fingerprint density at radius 3 is 2.61 bits per heavy atom. The van der Waals surface area contributed by atoms with Crippen LogP contribution in [0.25, 0.3) is 0 Å². The molecule has 0 aromatic heterocycles. The lowest BCUT2D eigenvalue weighted by Gasteiger charge is -2.13. The Morgan fingerprint density at radius 1 is 1.44 bits per heavy atom. The van der Waals surface area contributed by atoms with Crippen molar-refractivity contribution in [3.63, 3.8) is 0 Å². The molecule has 0 radical (unpaired) electrons. The second-order valence-electron chi connectivity index (χ2n) is 4.74. The van der Waals surface area contributed by atoms with E-state index >= 15 is 0 Å². The molecule has 0 saturated carbocycles. The molecule has 5 nitrogen and oxygen atoms in total. The predicted molar refractivity (Wildman–Crippen MR) is 68.8 cm³/mol. The molecule has 0 fully saturated rings. The molecule has 100 valence electrons.